The summed E-state index contributed by atoms with van der Waals surface area (Å²) >= 11 is 6.27. The minimum atomic E-state index is -0.956. The van der Waals surface area contributed by atoms with E-state index in [0.717, 1.165) is 92.7 Å². The van der Waals surface area contributed by atoms with Crippen LogP contribution in [0.2, 0.25) is 5.02 Å². The molecule has 2 aliphatic carbocycles. The van der Waals surface area contributed by atoms with E-state index in [1.54, 1.807) is 6.07 Å². The minimum Gasteiger partial charge on any atom is -0.372 e. The Bertz CT molecular complexity index is 2050. The van der Waals surface area contributed by atoms with Gasteiger partial charge < -0.3 is 10.2 Å². The number of halogens is 1. The van der Waals surface area contributed by atoms with E-state index >= 15 is 0 Å². The Morgan fingerprint density at radius 3 is 2.13 bits per heavy atom. The highest BCUT2D eigenvalue weighted by Crippen LogP contribution is 2.39. The molecule has 2 N–H and O–H groups in total. The van der Waals surface area contributed by atoms with E-state index in [9.17, 15) is 29.2 Å². The van der Waals surface area contributed by atoms with Gasteiger partial charge in [0.2, 0.25) is 11.8 Å². The SMILES string of the molecule is CN(c1ccc(C#N)c(Cl)c1)C1CCC(NC(=O)c2ccc(C3CCC(CN4Cc5cc6c(cc5C4)C(=O)N([C@@H]4CCC(=O)NC4=O)C6=O)CC3)cc2)CC1. The summed E-state index contributed by atoms with van der Waals surface area (Å²) in [5.74, 6) is -0.897. The van der Waals surface area contributed by atoms with Crippen molar-refractivity contribution in [3.05, 3.63) is 98.6 Å². The highest BCUT2D eigenvalue weighted by molar-refractivity contribution is 6.32. The number of rotatable bonds is 8. The third-order valence-corrected chi connectivity index (χ3v) is 12.9. The molecule has 3 aliphatic heterocycles. The molecule has 0 unspecified atom stereocenters. The first-order valence-electron chi connectivity index (χ1n) is 19.5. The number of hydrogen-bond acceptors (Lipinski definition) is 8. The quantitative estimate of drug-likeness (QED) is 0.263. The van der Waals surface area contributed by atoms with Crippen LogP contribution in [0.25, 0.3) is 0 Å². The molecule has 284 valence electrons. The average molecular weight is 761 g/mol. The highest BCUT2D eigenvalue weighted by atomic mass is 35.5. The summed E-state index contributed by atoms with van der Waals surface area (Å²) in [6.07, 6.45) is 8.40. The normalized spacial score (nSPS) is 25.3. The molecule has 0 bridgehead atoms. The van der Waals surface area contributed by atoms with Crippen molar-refractivity contribution in [2.24, 2.45) is 5.92 Å². The van der Waals surface area contributed by atoms with Gasteiger partial charge in [-0.25, -0.2) is 0 Å². The summed E-state index contributed by atoms with van der Waals surface area (Å²) in [4.78, 5) is 69.5. The summed E-state index contributed by atoms with van der Waals surface area (Å²) < 4.78 is 0. The van der Waals surface area contributed by atoms with Gasteiger partial charge in [0.25, 0.3) is 17.7 Å². The van der Waals surface area contributed by atoms with Crippen molar-refractivity contribution in [1.29, 1.82) is 5.26 Å². The van der Waals surface area contributed by atoms with E-state index in [0.29, 0.717) is 45.2 Å². The van der Waals surface area contributed by atoms with Gasteiger partial charge in [-0.05, 0) is 129 Å². The molecule has 5 aliphatic rings. The molecule has 3 aromatic rings. The van der Waals surface area contributed by atoms with Crippen LogP contribution in [0.15, 0.2) is 54.6 Å². The maximum absolute atomic E-state index is 13.3. The number of hydrogen-bond donors (Lipinski definition) is 2. The van der Waals surface area contributed by atoms with Gasteiger partial charge in [0, 0.05) is 56.4 Å². The summed E-state index contributed by atoms with van der Waals surface area (Å²) in [5.41, 5.74) is 6.23. The van der Waals surface area contributed by atoms with Gasteiger partial charge in [0.05, 0.1) is 21.7 Å². The van der Waals surface area contributed by atoms with Crippen LogP contribution in [0, 0.1) is 17.2 Å². The summed E-state index contributed by atoms with van der Waals surface area (Å²) in [6.45, 7) is 2.40. The average Bonchev–Trinajstić information content (AvgIpc) is 3.69. The van der Waals surface area contributed by atoms with E-state index in [-0.39, 0.29) is 30.7 Å². The lowest BCUT2D eigenvalue weighted by Gasteiger charge is -2.36. The smallest absolute Gasteiger partial charge is 0.262 e. The zero-order chi connectivity index (χ0) is 38.4. The lowest BCUT2D eigenvalue weighted by atomic mass is 9.78. The van der Waals surface area contributed by atoms with Crippen molar-refractivity contribution in [3.63, 3.8) is 0 Å². The van der Waals surface area contributed by atoms with Gasteiger partial charge in [0.1, 0.15) is 12.1 Å². The van der Waals surface area contributed by atoms with Gasteiger partial charge >= 0.3 is 0 Å². The van der Waals surface area contributed by atoms with Crippen molar-refractivity contribution in [1.82, 2.24) is 20.4 Å². The molecule has 11 nitrogen and oxygen atoms in total. The zero-order valence-corrected chi connectivity index (χ0v) is 31.7. The molecule has 55 heavy (non-hydrogen) atoms. The second-order valence-electron chi connectivity index (χ2n) is 16.0. The highest BCUT2D eigenvalue weighted by Gasteiger charge is 2.45. The number of piperidine rings is 1. The number of amides is 5. The Hall–Kier alpha value is -5.05. The van der Waals surface area contributed by atoms with Crippen molar-refractivity contribution in [2.75, 3.05) is 18.5 Å². The largest absolute Gasteiger partial charge is 0.372 e. The molecular weight excluding hydrogens is 716 g/mol. The Balaban J connectivity index is 0.784. The molecule has 1 saturated heterocycles. The lowest BCUT2D eigenvalue weighted by molar-refractivity contribution is -0.136. The third kappa shape index (κ3) is 7.38. The van der Waals surface area contributed by atoms with Crippen LogP contribution >= 0.6 is 11.6 Å². The maximum atomic E-state index is 13.3. The van der Waals surface area contributed by atoms with Gasteiger partial charge in [-0.15, -0.1) is 0 Å². The monoisotopic (exact) mass is 760 g/mol. The predicted octanol–water partition coefficient (Wildman–Crippen LogP) is 6.08. The molecule has 12 heteroatoms. The fourth-order valence-electron chi connectivity index (χ4n) is 9.42. The zero-order valence-electron chi connectivity index (χ0n) is 31.0. The number of anilines is 1. The van der Waals surface area contributed by atoms with Crippen LogP contribution < -0.4 is 15.5 Å². The van der Waals surface area contributed by atoms with E-state index in [4.69, 9.17) is 11.6 Å². The van der Waals surface area contributed by atoms with E-state index in [1.165, 1.54) is 5.56 Å². The first-order chi connectivity index (χ1) is 26.6. The summed E-state index contributed by atoms with van der Waals surface area (Å²) in [6, 6.07) is 19.0. The molecular formula is C43H45ClN6O5. The fourth-order valence-corrected chi connectivity index (χ4v) is 9.64. The third-order valence-electron chi connectivity index (χ3n) is 12.6. The van der Waals surface area contributed by atoms with Crippen LogP contribution in [0.5, 0.6) is 0 Å². The number of fused-ring (bicyclic) bond motifs is 2. The number of imide groups is 2. The number of nitrogens with one attached hydrogen (secondary N) is 2. The second kappa shape index (κ2) is 15.2. The van der Waals surface area contributed by atoms with Crippen LogP contribution in [-0.2, 0) is 22.7 Å². The number of carbonyl (C=O) groups is 5. The first-order valence-corrected chi connectivity index (χ1v) is 19.9. The molecule has 8 rings (SSSR count). The molecule has 3 heterocycles. The topological polar surface area (TPSA) is 143 Å². The second-order valence-corrected chi connectivity index (χ2v) is 16.4. The predicted molar refractivity (Wildman–Crippen MR) is 206 cm³/mol. The van der Waals surface area contributed by atoms with Gasteiger partial charge in [0.15, 0.2) is 0 Å². The van der Waals surface area contributed by atoms with Crippen LogP contribution in [0.4, 0.5) is 5.69 Å². The van der Waals surface area contributed by atoms with E-state index < -0.39 is 23.8 Å². The van der Waals surface area contributed by atoms with Crippen LogP contribution in [-0.4, -0.2) is 71.1 Å². The Morgan fingerprint density at radius 2 is 1.53 bits per heavy atom. The number of benzene rings is 3. The molecule has 3 fully saturated rings. The summed E-state index contributed by atoms with van der Waals surface area (Å²) in [5, 5.41) is 15.2. The molecule has 5 amide bonds. The van der Waals surface area contributed by atoms with E-state index in [2.05, 4.69) is 45.7 Å². The molecule has 0 aromatic heterocycles. The fraction of sp³-hybridized carbons (Fsp3) is 0.442. The standard InChI is InChI=1S/C43H45ClN6O5/c1-48(34-13-10-29(21-45)37(44)20-34)33-14-11-32(12-15-33)46-40(52)28-8-6-27(7-9-28)26-4-2-25(3-5-26)22-49-23-30-18-35-36(19-31(30)24-49)43(55)50(42(35)54)38-16-17-39(51)47-41(38)53/h6-10,13,18-20,25-26,32-33,38H,2-5,11-12,14-17,22-24H2,1H3,(H,46,52)(H,47,51,53)/t25?,26?,32?,33?,38-/m1/s1. The van der Waals surface area contributed by atoms with Crippen molar-refractivity contribution in [3.8, 4) is 6.07 Å². The van der Waals surface area contributed by atoms with E-state index in [1.807, 2.05) is 36.4 Å². The van der Waals surface area contributed by atoms with Crippen LogP contribution in [0.3, 0.4) is 0 Å². The van der Waals surface area contributed by atoms with Crippen LogP contribution in [0.1, 0.15) is 123 Å². The molecule has 3 aromatic carbocycles. The number of carbonyl (C=O) groups excluding carboxylic acids is 5. The molecule has 0 spiro atoms. The summed E-state index contributed by atoms with van der Waals surface area (Å²) in [7, 11) is 2.06. The number of nitriles is 1. The van der Waals surface area contributed by atoms with Gasteiger partial charge in [-0.1, -0.05) is 23.7 Å². The Morgan fingerprint density at radius 1 is 0.873 bits per heavy atom. The number of nitrogens with zero attached hydrogens (tertiary/aromatic N) is 4. The minimum absolute atomic E-state index is 0.0249. The maximum Gasteiger partial charge on any atom is 0.262 e. The molecule has 0 radical (unpaired) electrons. The lowest BCUT2D eigenvalue weighted by Crippen LogP contribution is -2.54. The van der Waals surface area contributed by atoms with Crippen molar-refractivity contribution in [2.45, 2.75) is 101 Å². The first kappa shape index (κ1) is 36.9. The molecule has 2 saturated carbocycles. The Labute approximate surface area is 326 Å². The Kier molecular flexibility index (Phi) is 10.2. The van der Waals surface area contributed by atoms with Crippen molar-refractivity contribution < 1.29 is 24.0 Å². The van der Waals surface area contributed by atoms with Gasteiger partial charge in [-0.3, -0.25) is 39.1 Å². The van der Waals surface area contributed by atoms with Crippen molar-refractivity contribution >= 4 is 46.8 Å². The molecule has 1 atom stereocenters. The van der Waals surface area contributed by atoms with Gasteiger partial charge in [-0.2, -0.15) is 5.26 Å².